The first-order valence-corrected chi connectivity index (χ1v) is 5.60. The van der Waals surface area contributed by atoms with Crippen LogP contribution < -0.4 is 0 Å². The monoisotopic (exact) mass is 263 g/mol. The van der Waals surface area contributed by atoms with Crippen molar-refractivity contribution >= 4 is 12.1 Å². The molecule has 1 aliphatic heterocycles. The third kappa shape index (κ3) is 1.72. The quantitative estimate of drug-likeness (QED) is 0.782. The van der Waals surface area contributed by atoms with Crippen molar-refractivity contribution in [2.45, 2.75) is 44.8 Å². The summed E-state index contributed by atoms with van der Waals surface area (Å²) in [7, 11) is 0. The van der Waals surface area contributed by atoms with Crippen molar-refractivity contribution in [2.24, 2.45) is 5.41 Å². The Labute approximate surface area is 103 Å². The minimum atomic E-state index is -2.99. The molecule has 0 aromatic carbocycles. The third-order valence-corrected chi connectivity index (χ3v) is 3.29. The van der Waals surface area contributed by atoms with E-state index in [4.69, 9.17) is 9.84 Å². The van der Waals surface area contributed by atoms with E-state index in [1.54, 1.807) is 20.8 Å². The molecule has 1 aliphatic carbocycles. The van der Waals surface area contributed by atoms with Gasteiger partial charge in [0, 0.05) is 13.0 Å². The Hall–Kier alpha value is -1.40. The molecule has 2 fully saturated rings. The van der Waals surface area contributed by atoms with E-state index in [2.05, 4.69) is 0 Å². The molecule has 1 saturated heterocycles. The number of carboxylic acids is 1. The van der Waals surface area contributed by atoms with Crippen molar-refractivity contribution in [3.63, 3.8) is 0 Å². The molecule has 0 radical (unpaired) electrons. The summed E-state index contributed by atoms with van der Waals surface area (Å²) in [5, 5.41) is 8.98. The van der Waals surface area contributed by atoms with Gasteiger partial charge in [-0.3, -0.25) is 4.90 Å². The minimum absolute atomic E-state index is 0.258. The number of aliphatic carboxylic acids is 1. The van der Waals surface area contributed by atoms with E-state index in [0.717, 1.165) is 4.90 Å². The number of rotatable bonds is 1. The number of hydrogen-bond donors (Lipinski definition) is 1. The van der Waals surface area contributed by atoms with E-state index in [1.807, 2.05) is 0 Å². The fraction of sp³-hybridized carbons (Fsp3) is 0.818. The summed E-state index contributed by atoms with van der Waals surface area (Å²) < 4.78 is 31.3. The van der Waals surface area contributed by atoms with Gasteiger partial charge in [-0.2, -0.15) is 0 Å². The van der Waals surface area contributed by atoms with Gasteiger partial charge >= 0.3 is 12.1 Å². The van der Waals surface area contributed by atoms with Crippen molar-refractivity contribution < 1.29 is 28.2 Å². The highest BCUT2D eigenvalue weighted by Gasteiger charge is 2.83. The first kappa shape index (κ1) is 13.0. The SMILES string of the molecule is CC(C)(C)OC(=O)N1CC2(CC2(F)F)C1C(=O)O. The van der Waals surface area contributed by atoms with Gasteiger partial charge < -0.3 is 9.84 Å². The van der Waals surface area contributed by atoms with E-state index in [1.165, 1.54) is 0 Å². The Kier molecular flexibility index (Phi) is 2.41. The Morgan fingerprint density at radius 1 is 1.39 bits per heavy atom. The molecular weight excluding hydrogens is 248 g/mol. The normalized spacial score (nSPS) is 32.9. The number of carbonyl (C=O) groups is 2. The predicted molar refractivity (Wildman–Crippen MR) is 56.4 cm³/mol. The van der Waals surface area contributed by atoms with Gasteiger partial charge in [-0.15, -0.1) is 0 Å². The van der Waals surface area contributed by atoms with Gasteiger partial charge in [0.05, 0.1) is 5.41 Å². The summed E-state index contributed by atoms with van der Waals surface area (Å²) in [6.07, 6.45) is -1.33. The van der Waals surface area contributed by atoms with Crippen LogP contribution in [0.1, 0.15) is 27.2 Å². The number of likely N-dealkylation sites (tertiary alicyclic amines) is 1. The number of halogens is 2. The predicted octanol–water partition coefficient (Wildman–Crippen LogP) is 1.72. The van der Waals surface area contributed by atoms with Gasteiger partial charge in [-0.05, 0) is 20.8 Å². The molecule has 1 amide bonds. The molecule has 1 saturated carbocycles. The van der Waals surface area contributed by atoms with Crippen LogP contribution >= 0.6 is 0 Å². The Bertz CT molecular complexity index is 418. The van der Waals surface area contributed by atoms with Gasteiger partial charge in [0.25, 0.3) is 5.92 Å². The average molecular weight is 263 g/mol. The average Bonchev–Trinajstić information content (AvgIpc) is 2.62. The Morgan fingerprint density at radius 3 is 2.22 bits per heavy atom. The van der Waals surface area contributed by atoms with Crippen LogP contribution in [0.2, 0.25) is 0 Å². The molecule has 0 aromatic rings. The van der Waals surface area contributed by atoms with Crippen LogP contribution in [0.3, 0.4) is 0 Å². The van der Waals surface area contributed by atoms with Crippen molar-refractivity contribution in [3.05, 3.63) is 0 Å². The van der Waals surface area contributed by atoms with Gasteiger partial charge in [0.15, 0.2) is 0 Å². The zero-order valence-corrected chi connectivity index (χ0v) is 10.4. The zero-order valence-electron chi connectivity index (χ0n) is 10.4. The van der Waals surface area contributed by atoms with E-state index in [9.17, 15) is 18.4 Å². The van der Waals surface area contributed by atoms with Gasteiger partial charge in [0.1, 0.15) is 11.6 Å². The minimum Gasteiger partial charge on any atom is -0.480 e. The van der Waals surface area contributed by atoms with Crippen LogP contribution in [0.4, 0.5) is 13.6 Å². The molecule has 5 nitrogen and oxygen atoms in total. The van der Waals surface area contributed by atoms with E-state index in [-0.39, 0.29) is 6.54 Å². The number of ether oxygens (including phenoxy) is 1. The molecular formula is C11H15F2NO4. The van der Waals surface area contributed by atoms with E-state index >= 15 is 0 Å². The molecule has 1 spiro atoms. The van der Waals surface area contributed by atoms with Crippen LogP contribution in [0.15, 0.2) is 0 Å². The van der Waals surface area contributed by atoms with Crippen molar-refractivity contribution in [2.75, 3.05) is 6.54 Å². The summed E-state index contributed by atoms with van der Waals surface area (Å²) >= 11 is 0. The van der Waals surface area contributed by atoms with Crippen LogP contribution in [-0.4, -0.2) is 46.2 Å². The number of carboxylic acid groups (broad SMARTS) is 1. The molecule has 18 heavy (non-hydrogen) atoms. The highest BCUT2D eigenvalue weighted by molar-refractivity contribution is 5.85. The number of amides is 1. The standard InChI is InChI=1S/C11H15F2NO4/c1-9(2,3)18-8(17)14-5-10(4-11(10,12)13)6(14)7(15)16/h6H,4-5H2,1-3H3,(H,15,16). The largest absolute Gasteiger partial charge is 0.480 e. The summed E-state index contributed by atoms with van der Waals surface area (Å²) in [5.74, 6) is -4.40. The van der Waals surface area contributed by atoms with Crippen LogP contribution in [0.25, 0.3) is 0 Å². The van der Waals surface area contributed by atoms with Crippen LogP contribution in [-0.2, 0) is 9.53 Å². The molecule has 102 valence electrons. The van der Waals surface area contributed by atoms with Crippen molar-refractivity contribution in [3.8, 4) is 0 Å². The summed E-state index contributed by atoms with van der Waals surface area (Å²) in [6.45, 7) is 4.62. The second-order valence-corrected chi connectivity index (χ2v) is 5.89. The summed E-state index contributed by atoms with van der Waals surface area (Å²) in [4.78, 5) is 23.6. The number of nitrogens with zero attached hydrogens (tertiary/aromatic N) is 1. The Balaban J connectivity index is 2.09. The van der Waals surface area contributed by atoms with Crippen molar-refractivity contribution in [1.82, 2.24) is 4.90 Å². The van der Waals surface area contributed by atoms with E-state index in [0.29, 0.717) is 0 Å². The van der Waals surface area contributed by atoms with Crippen LogP contribution in [0, 0.1) is 5.41 Å². The number of carbonyl (C=O) groups excluding carboxylic acids is 1. The molecule has 1 heterocycles. The smallest absolute Gasteiger partial charge is 0.411 e. The number of alkyl halides is 2. The Morgan fingerprint density at radius 2 is 1.89 bits per heavy atom. The molecule has 0 aromatic heterocycles. The number of hydrogen-bond acceptors (Lipinski definition) is 3. The van der Waals surface area contributed by atoms with Crippen LogP contribution in [0.5, 0.6) is 0 Å². The molecule has 0 bridgehead atoms. The van der Waals surface area contributed by atoms with Gasteiger partial charge in [0.2, 0.25) is 0 Å². The molecule has 2 unspecified atom stereocenters. The topological polar surface area (TPSA) is 66.8 Å². The second kappa shape index (κ2) is 3.33. The lowest BCUT2D eigenvalue weighted by molar-refractivity contribution is -0.161. The fourth-order valence-corrected chi connectivity index (χ4v) is 2.35. The fourth-order valence-electron chi connectivity index (χ4n) is 2.35. The first-order chi connectivity index (χ1) is 8.00. The lowest BCUT2D eigenvalue weighted by Gasteiger charge is -2.45. The lowest BCUT2D eigenvalue weighted by atomic mass is 9.84. The molecule has 7 heteroatoms. The van der Waals surface area contributed by atoms with Crippen molar-refractivity contribution in [1.29, 1.82) is 0 Å². The molecule has 1 N–H and O–H groups in total. The summed E-state index contributed by atoms with van der Waals surface area (Å²) in [5.41, 5.74) is -2.36. The highest BCUT2D eigenvalue weighted by atomic mass is 19.3. The highest BCUT2D eigenvalue weighted by Crippen LogP contribution is 2.68. The maximum atomic E-state index is 13.2. The lowest BCUT2D eigenvalue weighted by Crippen LogP contribution is -2.66. The molecule has 2 aliphatic rings. The molecule has 2 rings (SSSR count). The molecule has 2 atom stereocenters. The first-order valence-electron chi connectivity index (χ1n) is 5.60. The maximum absolute atomic E-state index is 13.2. The second-order valence-electron chi connectivity index (χ2n) is 5.89. The van der Waals surface area contributed by atoms with E-state index < -0.39 is 41.5 Å². The maximum Gasteiger partial charge on any atom is 0.411 e. The van der Waals surface area contributed by atoms with Gasteiger partial charge in [-0.25, -0.2) is 18.4 Å². The summed E-state index contributed by atoms with van der Waals surface area (Å²) in [6, 6.07) is -1.48. The van der Waals surface area contributed by atoms with Gasteiger partial charge in [-0.1, -0.05) is 0 Å². The zero-order chi connectivity index (χ0) is 13.9. The third-order valence-electron chi connectivity index (χ3n) is 3.29.